The molecule has 5 heteroatoms. The van der Waals surface area contributed by atoms with Crippen molar-refractivity contribution in [1.29, 1.82) is 0 Å². The molecule has 0 amide bonds. The first kappa shape index (κ1) is 11.7. The van der Waals surface area contributed by atoms with Gasteiger partial charge in [-0.2, -0.15) is 13.2 Å². The van der Waals surface area contributed by atoms with Gasteiger partial charge in [0.15, 0.2) is 0 Å². The maximum atomic E-state index is 11.9. The van der Waals surface area contributed by atoms with E-state index < -0.39 is 11.7 Å². The molecule has 1 aromatic carbocycles. The third-order valence-corrected chi connectivity index (χ3v) is 1.17. The number of rotatable bonds is 0. The Morgan fingerprint density at radius 2 is 1.75 bits per heavy atom. The molecular formula is C7H5F3OZr. The average Bonchev–Trinajstić information content (AvgIpc) is 1.86. The third kappa shape index (κ3) is 2.97. The van der Waals surface area contributed by atoms with Crippen molar-refractivity contribution >= 4 is 0 Å². The first-order chi connectivity index (χ1) is 5.00. The summed E-state index contributed by atoms with van der Waals surface area (Å²) >= 11 is 0. The molecule has 12 heavy (non-hydrogen) atoms. The first-order valence-corrected chi connectivity index (χ1v) is 2.86. The van der Waals surface area contributed by atoms with Crippen LogP contribution in [0.15, 0.2) is 24.3 Å². The molecule has 0 fully saturated rings. The largest absolute Gasteiger partial charge is 0.508 e. The number of benzene rings is 1. The van der Waals surface area contributed by atoms with Crippen molar-refractivity contribution < 1.29 is 44.5 Å². The van der Waals surface area contributed by atoms with Crippen molar-refractivity contribution in [2.75, 3.05) is 0 Å². The second-order valence-corrected chi connectivity index (χ2v) is 2.05. The van der Waals surface area contributed by atoms with E-state index in [4.69, 9.17) is 5.11 Å². The van der Waals surface area contributed by atoms with Gasteiger partial charge in [0.25, 0.3) is 0 Å². The van der Waals surface area contributed by atoms with Crippen LogP contribution in [0.4, 0.5) is 13.2 Å². The van der Waals surface area contributed by atoms with Crippen LogP contribution in [0.3, 0.4) is 0 Å². The summed E-state index contributed by atoms with van der Waals surface area (Å²) in [6.07, 6.45) is -4.38. The van der Waals surface area contributed by atoms with E-state index in [1.807, 2.05) is 0 Å². The number of aromatic hydroxyl groups is 1. The van der Waals surface area contributed by atoms with Crippen LogP contribution in [0, 0.1) is 0 Å². The zero-order valence-corrected chi connectivity index (χ0v) is 8.35. The molecule has 0 heterocycles. The number of phenolic OH excluding ortho intramolecular Hbond substituents is 1. The Kier molecular flexibility index (Phi) is 3.98. The second kappa shape index (κ2) is 4.08. The summed E-state index contributed by atoms with van der Waals surface area (Å²) in [5.41, 5.74) is -0.836. The molecule has 1 N–H and O–H groups in total. The van der Waals surface area contributed by atoms with E-state index >= 15 is 0 Å². The van der Waals surface area contributed by atoms with Crippen LogP contribution < -0.4 is 0 Å². The van der Waals surface area contributed by atoms with Crippen LogP contribution in [0.1, 0.15) is 5.56 Å². The smallest absolute Gasteiger partial charge is 0.416 e. The van der Waals surface area contributed by atoms with Crippen LogP contribution in [0.5, 0.6) is 5.75 Å². The fraction of sp³-hybridized carbons (Fsp3) is 0.143. The molecule has 0 aromatic heterocycles. The summed E-state index contributed by atoms with van der Waals surface area (Å²) in [5, 5.41) is 8.68. The van der Waals surface area contributed by atoms with Gasteiger partial charge in [0.1, 0.15) is 5.75 Å². The minimum atomic E-state index is -4.38. The Morgan fingerprint density at radius 3 is 2.08 bits per heavy atom. The molecule has 0 spiro atoms. The number of halogens is 3. The third-order valence-electron chi connectivity index (χ3n) is 1.17. The molecule has 0 saturated carbocycles. The van der Waals surface area contributed by atoms with Gasteiger partial charge in [-0.05, 0) is 18.2 Å². The van der Waals surface area contributed by atoms with E-state index in [0.29, 0.717) is 6.07 Å². The monoisotopic (exact) mass is 252 g/mol. The van der Waals surface area contributed by atoms with Crippen LogP contribution in [-0.4, -0.2) is 5.11 Å². The van der Waals surface area contributed by atoms with E-state index in [1.54, 1.807) is 0 Å². The molecule has 0 saturated heterocycles. The van der Waals surface area contributed by atoms with Crippen molar-refractivity contribution in [3.63, 3.8) is 0 Å². The van der Waals surface area contributed by atoms with Crippen LogP contribution in [-0.2, 0) is 32.4 Å². The number of phenols is 1. The van der Waals surface area contributed by atoms with Gasteiger partial charge in [0.05, 0.1) is 5.56 Å². The molecule has 0 aliphatic heterocycles. The zero-order chi connectivity index (χ0) is 8.48. The van der Waals surface area contributed by atoms with Gasteiger partial charge in [0, 0.05) is 26.2 Å². The topological polar surface area (TPSA) is 20.2 Å². The number of hydrogen-bond acceptors (Lipinski definition) is 1. The average molecular weight is 253 g/mol. The van der Waals surface area contributed by atoms with Gasteiger partial charge < -0.3 is 5.11 Å². The molecular weight excluding hydrogens is 248 g/mol. The zero-order valence-electron chi connectivity index (χ0n) is 5.89. The first-order valence-electron chi connectivity index (χ1n) is 2.86. The second-order valence-electron chi connectivity index (χ2n) is 2.05. The normalized spacial score (nSPS) is 10.6. The van der Waals surface area contributed by atoms with Gasteiger partial charge >= 0.3 is 6.18 Å². The van der Waals surface area contributed by atoms with Crippen LogP contribution >= 0.6 is 0 Å². The standard InChI is InChI=1S/C7H5F3O.Zr/c8-7(9,10)5-2-1-3-6(11)4-5;/h1-4,11H;. The van der Waals surface area contributed by atoms with E-state index in [0.717, 1.165) is 12.1 Å². The van der Waals surface area contributed by atoms with Crippen molar-refractivity contribution in [3.8, 4) is 5.75 Å². The summed E-state index contributed by atoms with van der Waals surface area (Å²) in [5.74, 6) is -0.375. The van der Waals surface area contributed by atoms with E-state index in [2.05, 4.69) is 0 Å². The van der Waals surface area contributed by atoms with Crippen molar-refractivity contribution in [2.45, 2.75) is 6.18 Å². The van der Waals surface area contributed by atoms with Gasteiger partial charge in [0.2, 0.25) is 0 Å². The van der Waals surface area contributed by atoms with Crippen LogP contribution in [0.2, 0.25) is 0 Å². The SMILES string of the molecule is Oc1cccc(C(F)(F)F)c1.[Zr]. The van der Waals surface area contributed by atoms with Gasteiger partial charge in [-0.15, -0.1) is 0 Å². The fourth-order valence-electron chi connectivity index (χ4n) is 0.682. The number of hydrogen-bond donors (Lipinski definition) is 1. The molecule has 0 bridgehead atoms. The Morgan fingerprint density at radius 1 is 1.17 bits per heavy atom. The van der Waals surface area contributed by atoms with E-state index in [1.165, 1.54) is 6.07 Å². The molecule has 0 atom stereocenters. The summed E-state index contributed by atoms with van der Waals surface area (Å²) in [6, 6.07) is 3.92. The van der Waals surface area contributed by atoms with Crippen molar-refractivity contribution in [1.82, 2.24) is 0 Å². The molecule has 64 valence electrons. The van der Waals surface area contributed by atoms with E-state index in [9.17, 15) is 13.2 Å². The molecule has 1 rings (SSSR count). The summed E-state index contributed by atoms with van der Waals surface area (Å²) in [6.45, 7) is 0. The summed E-state index contributed by atoms with van der Waals surface area (Å²) in [7, 11) is 0. The van der Waals surface area contributed by atoms with Crippen molar-refractivity contribution in [3.05, 3.63) is 29.8 Å². The van der Waals surface area contributed by atoms with Gasteiger partial charge in [-0.3, -0.25) is 0 Å². The minimum Gasteiger partial charge on any atom is -0.508 e. The molecule has 1 aromatic rings. The minimum absolute atomic E-state index is 0. The summed E-state index contributed by atoms with van der Waals surface area (Å²) < 4.78 is 35.6. The Balaban J connectivity index is 0.00000121. The van der Waals surface area contributed by atoms with Crippen LogP contribution in [0.25, 0.3) is 0 Å². The van der Waals surface area contributed by atoms with Gasteiger partial charge in [-0.25, -0.2) is 0 Å². The van der Waals surface area contributed by atoms with E-state index in [-0.39, 0.29) is 32.0 Å². The van der Waals surface area contributed by atoms with Gasteiger partial charge in [-0.1, -0.05) is 6.07 Å². The molecule has 0 radical (unpaired) electrons. The Hall–Kier alpha value is -0.307. The predicted molar refractivity (Wildman–Crippen MR) is 33.1 cm³/mol. The maximum Gasteiger partial charge on any atom is 0.416 e. The Labute approximate surface area is 86.3 Å². The molecule has 0 aliphatic carbocycles. The van der Waals surface area contributed by atoms with Crippen molar-refractivity contribution in [2.24, 2.45) is 0 Å². The summed E-state index contributed by atoms with van der Waals surface area (Å²) in [4.78, 5) is 0. The molecule has 1 nitrogen and oxygen atoms in total. The number of alkyl halides is 3. The quantitative estimate of drug-likeness (QED) is 0.753. The maximum absolute atomic E-state index is 11.9. The Bertz CT molecular complexity index is 259. The fourth-order valence-corrected chi connectivity index (χ4v) is 0.682. The molecule has 0 aliphatic rings. The predicted octanol–water partition coefficient (Wildman–Crippen LogP) is 2.41. The molecule has 0 unspecified atom stereocenters.